The zero-order chi connectivity index (χ0) is 10.6. The normalized spacial score (nSPS) is 26.7. The van der Waals surface area contributed by atoms with Gasteiger partial charge in [0.2, 0.25) is 0 Å². The fourth-order valence-electron chi connectivity index (χ4n) is 1.57. The van der Waals surface area contributed by atoms with Crippen LogP contribution in [0.2, 0.25) is 0 Å². The van der Waals surface area contributed by atoms with Crippen LogP contribution in [0.25, 0.3) is 0 Å². The van der Waals surface area contributed by atoms with E-state index in [0.29, 0.717) is 19.4 Å². The van der Waals surface area contributed by atoms with Gasteiger partial charge in [0.1, 0.15) is 6.04 Å². The van der Waals surface area contributed by atoms with Crippen molar-refractivity contribution in [1.29, 1.82) is 0 Å². The number of carbonyl (C=O) groups is 2. The molecule has 1 aliphatic rings. The Morgan fingerprint density at radius 1 is 1.14 bits per heavy atom. The maximum absolute atomic E-state index is 11.1. The summed E-state index contributed by atoms with van der Waals surface area (Å²) in [6, 6.07) is -0.277. The lowest BCUT2D eigenvalue weighted by Crippen LogP contribution is -2.46. The first-order valence-corrected chi connectivity index (χ1v) is 4.58. The van der Waals surface area contributed by atoms with Crippen molar-refractivity contribution >= 4 is 11.9 Å². The largest absolute Gasteiger partial charge is 0.469 e. The van der Waals surface area contributed by atoms with Gasteiger partial charge in [0.15, 0.2) is 0 Å². The van der Waals surface area contributed by atoms with Crippen molar-refractivity contribution in [3.63, 3.8) is 0 Å². The van der Waals surface area contributed by atoms with Crippen molar-refractivity contribution < 1.29 is 19.1 Å². The van der Waals surface area contributed by atoms with Crippen molar-refractivity contribution in [2.45, 2.75) is 18.9 Å². The number of hydrogen-bond acceptors (Lipinski definition) is 5. The molecule has 0 aromatic carbocycles. The highest BCUT2D eigenvalue weighted by atomic mass is 16.5. The number of methoxy groups -OCH3 is 2. The standard InChI is InChI=1S/C9H15NO4/c1-13-8(11)6-3-4-7(10-5-6)9(12)14-2/h6-7,10H,3-5H2,1-2H3. The Hall–Kier alpha value is -1.10. The van der Waals surface area contributed by atoms with E-state index in [1.807, 2.05) is 0 Å². The third-order valence-corrected chi connectivity index (χ3v) is 2.43. The van der Waals surface area contributed by atoms with E-state index in [4.69, 9.17) is 0 Å². The topological polar surface area (TPSA) is 64.6 Å². The number of esters is 2. The Morgan fingerprint density at radius 3 is 2.21 bits per heavy atom. The van der Waals surface area contributed by atoms with Gasteiger partial charge in [-0.2, -0.15) is 0 Å². The molecule has 0 aliphatic carbocycles. The van der Waals surface area contributed by atoms with Crippen molar-refractivity contribution in [2.75, 3.05) is 20.8 Å². The molecule has 0 aromatic rings. The summed E-state index contributed by atoms with van der Waals surface area (Å²) in [6.45, 7) is 0.479. The second-order valence-electron chi connectivity index (χ2n) is 3.28. The van der Waals surface area contributed by atoms with Gasteiger partial charge in [-0.15, -0.1) is 0 Å². The minimum Gasteiger partial charge on any atom is -0.469 e. The van der Waals surface area contributed by atoms with Crippen molar-refractivity contribution in [3.05, 3.63) is 0 Å². The van der Waals surface area contributed by atoms with Crippen molar-refractivity contribution in [1.82, 2.24) is 5.32 Å². The van der Waals surface area contributed by atoms with Gasteiger partial charge in [-0.05, 0) is 12.8 Å². The molecule has 0 saturated carbocycles. The number of piperidine rings is 1. The second kappa shape index (κ2) is 4.95. The van der Waals surface area contributed by atoms with Gasteiger partial charge in [-0.25, -0.2) is 0 Å². The highest BCUT2D eigenvalue weighted by Gasteiger charge is 2.30. The van der Waals surface area contributed by atoms with Crippen LogP contribution in [-0.2, 0) is 19.1 Å². The van der Waals surface area contributed by atoms with Gasteiger partial charge in [-0.3, -0.25) is 9.59 Å². The Balaban J connectivity index is 2.38. The molecule has 1 aliphatic heterocycles. The quantitative estimate of drug-likeness (QED) is 0.621. The molecule has 14 heavy (non-hydrogen) atoms. The predicted molar refractivity (Wildman–Crippen MR) is 48.5 cm³/mol. The number of rotatable bonds is 2. The Labute approximate surface area is 82.8 Å². The van der Waals surface area contributed by atoms with Crippen LogP contribution in [0.4, 0.5) is 0 Å². The highest BCUT2D eigenvalue weighted by molar-refractivity contribution is 5.77. The molecule has 0 bridgehead atoms. The lowest BCUT2D eigenvalue weighted by Gasteiger charge is -2.26. The summed E-state index contributed by atoms with van der Waals surface area (Å²) in [7, 11) is 2.73. The van der Waals surface area contributed by atoms with Crippen LogP contribution >= 0.6 is 0 Å². The van der Waals surface area contributed by atoms with Gasteiger partial charge >= 0.3 is 11.9 Å². The molecule has 2 unspecified atom stereocenters. The minimum atomic E-state index is -0.277. The number of ether oxygens (including phenoxy) is 2. The van der Waals surface area contributed by atoms with Crippen molar-refractivity contribution in [2.24, 2.45) is 5.92 Å². The summed E-state index contributed by atoms with van der Waals surface area (Å²) in [6.07, 6.45) is 1.28. The monoisotopic (exact) mass is 201 g/mol. The summed E-state index contributed by atoms with van der Waals surface area (Å²) < 4.78 is 9.21. The second-order valence-corrected chi connectivity index (χ2v) is 3.28. The van der Waals surface area contributed by atoms with Gasteiger partial charge in [0.05, 0.1) is 20.1 Å². The van der Waals surface area contributed by atoms with Crippen LogP contribution in [-0.4, -0.2) is 38.7 Å². The van der Waals surface area contributed by atoms with Gasteiger partial charge < -0.3 is 14.8 Å². The molecular formula is C9H15NO4. The van der Waals surface area contributed by atoms with E-state index in [9.17, 15) is 9.59 Å². The fourth-order valence-corrected chi connectivity index (χ4v) is 1.57. The first-order valence-electron chi connectivity index (χ1n) is 4.58. The summed E-state index contributed by atoms with van der Waals surface area (Å²) >= 11 is 0. The molecule has 0 amide bonds. The summed E-state index contributed by atoms with van der Waals surface area (Å²) in [4.78, 5) is 22.2. The van der Waals surface area contributed by atoms with Crippen LogP contribution in [0.3, 0.4) is 0 Å². The SMILES string of the molecule is COC(=O)C1CCC(C(=O)OC)NC1. The molecule has 80 valence electrons. The van der Waals surface area contributed by atoms with Crippen LogP contribution in [0, 0.1) is 5.92 Å². The third-order valence-electron chi connectivity index (χ3n) is 2.43. The summed E-state index contributed by atoms with van der Waals surface area (Å²) in [5.74, 6) is -0.630. The molecule has 5 nitrogen and oxygen atoms in total. The molecular weight excluding hydrogens is 186 g/mol. The maximum Gasteiger partial charge on any atom is 0.322 e. The van der Waals surface area contributed by atoms with E-state index < -0.39 is 0 Å². The van der Waals surface area contributed by atoms with Gasteiger partial charge in [0, 0.05) is 6.54 Å². The lowest BCUT2D eigenvalue weighted by molar-refractivity contribution is -0.149. The van der Waals surface area contributed by atoms with Crippen LogP contribution in [0.15, 0.2) is 0 Å². The predicted octanol–water partition coefficient (Wildman–Crippen LogP) is -0.299. The summed E-state index contributed by atoms with van der Waals surface area (Å²) in [5.41, 5.74) is 0. The molecule has 0 radical (unpaired) electrons. The first kappa shape index (κ1) is 11.0. The molecule has 5 heteroatoms. The van der Waals surface area contributed by atoms with E-state index in [-0.39, 0.29) is 23.9 Å². The molecule has 2 atom stereocenters. The van der Waals surface area contributed by atoms with E-state index in [1.165, 1.54) is 14.2 Å². The minimum absolute atomic E-state index is 0.138. The van der Waals surface area contributed by atoms with Crippen LogP contribution in [0.5, 0.6) is 0 Å². The number of carbonyl (C=O) groups excluding carboxylic acids is 2. The first-order chi connectivity index (χ1) is 6.69. The van der Waals surface area contributed by atoms with E-state index in [1.54, 1.807) is 0 Å². The number of hydrogen-bond donors (Lipinski definition) is 1. The maximum atomic E-state index is 11.1. The zero-order valence-corrected chi connectivity index (χ0v) is 8.41. The van der Waals surface area contributed by atoms with Crippen molar-refractivity contribution in [3.8, 4) is 0 Å². The molecule has 0 spiro atoms. The Bertz CT molecular complexity index is 197. The molecule has 1 fully saturated rings. The lowest BCUT2D eigenvalue weighted by atomic mass is 9.95. The smallest absolute Gasteiger partial charge is 0.322 e. The van der Waals surface area contributed by atoms with E-state index in [2.05, 4.69) is 14.8 Å². The molecule has 1 N–H and O–H groups in total. The van der Waals surface area contributed by atoms with E-state index in [0.717, 1.165) is 0 Å². The van der Waals surface area contributed by atoms with E-state index >= 15 is 0 Å². The van der Waals surface area contributed by atoms with Gasteiger partial charge in [0.25, 0.3) is 0 Å². The number of nitrogens with one attached hydrogen (secondary N) is 1. The van der Waals surface area contributed by atoms with Crippen LogP contribution < -0.4 is 5.32 Å². The molecule has 0 aromatic heterocycles. The summed E-state index contributed by atoms with van der Waals surface area (Å²) in [5, 5.41) is 2.96. The Morgan fingerprint density at radius 2 is 1.79 bits per heavy atom. The zero-order valence-electron chi connectivity index (χ0n) is 8.41. The third kappa shape index (κ3) is 2.45. The molecule has 1 rings (SSSR count). The average Bonchev–Trinajstić information content (AvgIpc) is 2.27. The fraction of sp³-hybridized carbons (Fsp3) is 0.778. The molecule has 1 heterocycles. The highest BCUT2D eigenvalue weighted by Crippen LogP contribution is 2.16. The Kier molecular flexibility index (Phi) is 3.88. The average molecular weight is 201 g/mol. The molecule has 1 saturated heterocycles. The van der Waals surface area contributed by atoms with Crippen LogP contribution in [0.1, 0.15) is 12.8 Å². The van der Waals surface area contributed by atoms with Gasteiger partial charge in [-0.1, -0.05) is 0 Å².